The van der Waals surface area contributed by atoms with Crippen molar-refractivity contribution in [3.63, 3.8) is 0 Å². The molecule has 1 aromatic carbocycles. The van der Waals surface area contributed by atoms with Crippen molar-refractivity contribution in [1.82, 2.24) is 20.2 Å². The molecule has 3 aromatic rings. The van der Waals surface area contributed by atoms with Gasteiger partial charge in [0.2, 0.25) is 5.65 Å². The molecule has 2 aromatic heterocycles. The number of H-pyrrole nitrogens is 1. The lowest BCUT2D eigenvalue weighted by Crippen LogP contribution is -2.44. The van der Waals surface area contributed by atoms with Crippen molar-refractivity contribution < 1.29 is 0 Å². The molecule has 1 saturated carbocycles. The molecule has 1 saturated heterocycles. The van der Waals surface area contributed by atoms with Crippen LogP contribution >= 0.6 is 32.6 Å². The number of aromatic nitrogens is 4. The minimum absolute atomic E-state index is 0.478. The van der Waals surface area contributed by atoms with E-state index in [1.807, 2.05) is 55.4 Å². The summed E-state index contributed by atoms with van der Waals surface area (Å²) in [7, 11) is 1.92. The first-order valence-electron chi connectivity index (χ1n) is 13.1. The monoisotopic (exact) mass is 552 g/mol. The first-order chi connectivity index (χ1) is 17.4. The van der Waals surface area contributed by atoms with Gasteiger partial charge in [-0.1, -0.05) is 92.7 Å². The third-order valence-electron chi connectivity index (χ3n) is 7.04. The van der Waals surface area contributed by atoms with Gasteiger partial charge in [-0.25, -0.2) is 9.97 Å². The third-order valence-corrected chi connectivity index (χ3v) is 7.85. The molecule has 200 valence electrons. The van der Waals surface area contributed by atoms with Crippen LogP contribution in [-0.4, -0.2) is 33.3 Å². The highest BCUT2D eigenvalue weighted by Gasteiger charge is 2.42. The number of piperidine rings is 1. The average Bonchev–Trinajstić information content (AvgIpc) is 3.32. The maximum atomic E-state index is 6.39. The Balaban J connectivity index is 0.000000710. The zero-order valence-corrected chi connectivity index (χ0v) is 25.3. The van der Waals surface area contributed by atoms with Crippen LogP contribution < -0.4 is 10.4 Å². The maximum absolute atomic E-state index is 6.39. The molecule has 9 heteroatoms. The molecule has 0 amide bonds. The lowest BCUT2D eigenvalue weighted by Gasteiger charge is -2.49. The van der Waals surface area contributed by atoms with Crippen LogP contribution in [0.4, 0.5) is 5.82 Å². The van der Waals surface area contributed by atoms with E-state index in [1.165, 1.54) is 38.5 Å². The SMILES string of the molecule is CC.CC.CC1(C)CCCC2(CCN(c3cnc4c(-c5cccc(Cl)c5Cl)[nH]nc4n3)CC2)C1.NP. The largest absolute Gasteiger partial charge is 0.355 e. The van der Waals surface area contributed by atoms with Crippen LogP contribution in [0.15, 0.2) is 24.4 Å². The molecule has 2 fully saturated rings. The summed E-state index contributed by atoms with van der Waals surface area (Å²) < 4.78 is 0. The fourth-order valence-electron chi connectivity index (χ4n) is 5.59. The van der Waals surface area contributed by atoms with E-state index in [-0.39, 0.29) is 0 Å². The quantitative estimate of drug-likeness (QED) is 0.312. The Morgan fingerprint density at radius 3 is 2.31 bits per heavy atom. The number of aromatic amines is 1. The molecule has 36 heavy (non-hydrogen) atoms. The Morgan fingerprint density at radius 2 is 1.67 bits per heavy atom. The van der Waals surface area contributed by atoms with Crippen LogP contribution in [0.2, 0.25) is 10.0 Å². The summed E-state index contributed by atoms with van der Waals surface area (Å²) in [5, 5.41) is 8.45. The highest BCUT2D eigenvalue weighted by atomic mass is 35.5. The predicted octanol–water partition coefficient (Wildman–Crippen LogP) is 8.30. The lowest BCUT2D eigenvalue weighted by atomic mass is 9.60. The number of benzene rings is 1. The van der Waals surface area contributed by atoms with Gasteiger partial charge in [0.15, 0.2) is 0 Å². The molecule has 0 radical (unpaired) electrons. The van der Waals surface area contributed by atoms with E-state index in [2.05, 4.69) is 34.4 Å². The maximum Gasteiger partial charge on any atom is 0.202 e. The number of rotatable bonds is 2. The molecule has 1 unspecified atom stereocenters. The fourth-order valence-corrected chi connectivity index (χ4v) is 5.99. The molecule has 3 N–H and O–H groups in total. The summed E-state index contributed by atoms with van der Waals surface area (Å²) in [6.45, 7) is 14.9. The van der Waals surface area contributed by atoms with Crippen molar-refractivity contribution in [3.8, 4) is 11.3 Å². The molecule has 1 aliphatic heterocycles. The van der Waals surface area contributed by atoms with E-state index in [1.54, 1.807) is 6.07 Å². The van der Waals surface area contributed by atoms with Crippen LogP contribution in [0.5, 0.6) is 0 Å². The summed E-state index contributed by atoms with van der Waals surface area (Å²) >= 11 is 12.6. The number of nitrogens with one attached hydrogen (secondary N) is 1. The third kappa shape index (κ3) is 6.89. The summed E-state index contributed by atoms with van der Waals surface area (Å²) in [6, 6.07) is 5.55. The minimum Gasteiger partial charge on any atom is -0.355 e. The van der Waals surface area contributed by atoms with Crippen molar-refractivity contribution >= 4 is 49.6 Å². The van der Waals surface area contributed by atoms with E-state index in [4.69, 9.17) is 33.2 Å². The van der Waals surface area contributed by atoms with Gasteiger partial charge >= 0.3 is 0 Å². The summed E-state index contributed by atoms with van der Waals surface area (Å²) in [5.74, 6) is 0.905. The Bertz CT molecular complexity index is 1090. The molecule has 5 rings (SSSR count). The Kier molecular flexibility index (Phi) is 11.9. The van der Waals surface area contributed by atoms with Gasteiger partial charge in [-0.15, -0.1) is 0 Å². The first kappa shape index (κ1) is 30.8. The van der Waals surface area contributed by atoms with Crippen LogP contribution in [0.1, 0.15) is 80.1 Å². The van der Waals surface area contributed by atoms with Crippen molar-refractivity contribution in [2.45, 2.75) is 80.1 Å². The van der Waals surface area contributed by atoms with Crippen molar-refractivity contribution in [2.75, 3.05) is 18.0 Å². The number of fused-ring (bicyclic) bond motifs is 1. The van der Waals surface area contributed by atoms with E-state index in [0.29, 0.717) is 32.0 Å². The summed E-state index contributed by atoms with van der Waals surface area (Å²) in [5.41, 5.74) is 8.26. The summed E-state index contributed by atoms with van der Waals surface area (Å²) in [4.78, 5) is 11.9. The van der Waals surface area contributed by atoms with Crippen molar-refractivity contribution in [2.24, 2.45) is 16.3 Å². The predicted molar refractivity (Wildman–Crippen MR) is 160 cm³/mol. The number of hydrogen-bond acceptors (Lipinski definition) is 5. The second-order valence-corrected chi connectivity index (χ2v) is 10.6. The molecule has 1 atom stereocenters. The van der Waals surface area contributed by atoms with E-state index in [0.717, 1.165) is 30.2 Å². The average molecular weight is 554 g/mol. The van der Waals surface area contributed by atoms with Crippen LogP contribution in [0.25, 0.3) is 22.4 Å². The Morgan fingerprint density at radius 1 is 1.00 bits per heavy atom. The minimum atomic E-state index is 0.478. The molecule has 2 aliphatic rings. The topological polar surface area (TPSA) is 83.7 Å². The van der Waals surface area contributed by atoms with E-state index < -0.39 is 0 Å². The molecule has 3 heterocycles. The zero-order chi connectivity index (χ0) is 26.9. The van der Waals surface area contributed by atoms with Crippen molar-refractivity contribution in [1.29, 1.82) is 0 Å². The lowest BCUT2D eigenvalue weighted by molar-refractivity contribution is 0.0591. The number of halogens is 2. The van der Waals surface area contributed by atoms with Gasteiger partial charge in [-0.2, -0.15) is 5.10 Å². The summed E-state index contributed by atoms with van der Waals surface area (Å²) in [6.07, 6.45) is 9.78. The number of nitrogens with zero attached hydrogens (tertiary/aromatic N) is 4. The highest BCUT2D eigenvalue weighted by molar-refractivity contribution is 7.13. The zero-order valence-electron chi connectivity index (χ0n) is 22.7. The van der Waals surface area contributed by atoms with Gasteiger partial charge in [0.05, 0.1) is 21.9 Å². The van der Waals surface area contributed by atoms with Gasteiger partial charge in [-0.05, 0) is 49.0 Å². The number of hydrogen-bond donors (Lipinski definition) is 2. The normalized spacial score (nSPS) is 17.8. The molecule has 1 aliphatic carbocycles. The molecule has 0 bridgehead atoms. The van der Waals surface area contributed by atoms with E-state index >= 15 is 0 Å². The van der Waals surface area contributed by atoms with Gasteiger partial charge in [-0.3, -0.25) is 5.10 Å². The fraction of sp³-hybridized carbons (Fsp3) is 0.593. The first-order valence-corrected chi connectivity index (χ1v) is 14.5. The van der Waals surface area contributed by atoms with Gasteiger partial charge in [0, 0.05) is 18.7 Å². The second-order valence-electron chi connectivity index (χ2n) is 9.78. The molecule has 6 nitrogen and oxygen atoms in total. The van der Waals surface area contributed by atoms with Crippen molar-refractivity contribution in [3.05, 3.63) is 34.4 Å². The number of anilines is 1. The van der Waals surface area contributed by atoms with Gasteiger partial charge in [0.1, 0.15) is 11.3 Å². The molecular weight excluding hydrogens is 510 g/mol. The number of nitrogens with two attached hydrogens (primary N) is 1. The Hall–Kier alpha value is -1.46. The Labute approximate surface area is 229 Å². The molecular formula is C27H43Cl2N6P. The van der Waals surface area contributed by atoms with Crippen LogP contribution in [0, 0.1) is 10.8 Å². The highest BCUT2D eigenvalue weighted by Crippen LogP contribution is 2.51. The van der Waals surface area contributed by atoms with Gasteiger partial charge < -0.3 is 10.4 Å². The van der Waals surface area contributed by atoms with Crippen LogP contribution in [-0.2, 0) is 0 Å². The molecule has 1 spiro atoms. The standard InChI is InChI=1S/C23H27Cl2N5.2C2H6.H4NP/c1-22(2)7-4-8-23(14-22)9-11-30(12-10-23)17-13-26-20-19(28-29-21(20)27-17)15-5-3-6-16(24)18(15)25;3*1-2/h3,5-6,13H,4,7-12,14H2,1-2H3,(H,27,28,29);2*1-2H3;1-2H2. The van der Waals surface area contributed by atoms with E-state index in [9.17, 15) is 0 Å². The van der Waals surface area contributed by atoms with Crippen LogP contribution in [0.3, 0.4) is 0 Å². The van der Waals surface area contributed by atoms with Gasteiger partial charge in [0.25, 0.3) is 0 Å². The smallest absolute Gasteiger partial charge is 0.202 e. The second kappa shape index (κ2) is 13.9.